The van der Waals surface area contributed by atoms with Crippen molar-refractivity contribution in [2.45, 2.75) is 31.6 Å². The highest BCUT2D eigenvalue weighted by molar-refractivity contribution is 6.00. The Balaban J connectivity index is 1.73. The molecular weight excluding hydrogens is 326 g/mol. The first-order chi connectivity index (χ1) is 12.0. The summed E-state index contributed by atoms with van der Waals surface area (Å²) in [5.41, 5.74) is 2.15. The van der Waals surface area contributed by atoms with Gasteiger partial charge in [-0.15, -0.1) is 0 Å². The third kappa shape index (κ3) is 2.77. The number of aryl methyl sites for hydroxylation is 1. The molecule has 2 saturated heterocycles. The van der Waals surface area contributed by atoms with Crippen molar-refractivity contribution in [1.82, 2.24) is 14.5 Å². The van der Waals surface area contributed by atoms with E-state index in [1.165, 1.54) is 9.13 Å². The zero-order chi connectivity index (χ0) is 17.6. The number of piperidine rings is 1. The van der Waals surface area contributed by atoms with Crippen LogP contribution in [0.25, 0.3) is 11.0 Å². The predicted molar refractivity (Wildman–Crippen MR) is 88.0 cm³/mol. The van der Waals surface area contributed by atoms with Gasteiger partial charge in [-0.1, -0.05) is 6.07 Å². The molecule has 0 spiro atoms. The largest absolute Gasteiger partial charge is 0.350 e. The fourth-order valence-electron chi connectivity index (χ4n) is 3.48. The molecule has 2 fully saturated rings. The number of imidazole rings is 1. The van der Waals surface area contributed by atoms with E-state index in [4.69, 9.17) is 9.47 Å². The lowest BCUT2D eigenvalue weighted by atomic mass is 10.1. The summed E-state index contributed by atoms with van der Waals surface area (Å²) in [6, 6.07) is 5.01. The van der Waals surface area contributed by atoms with Crippen LogP contribution in [0.3, 0.4) is 0 Å². The normalized spacial score (nSPS) is 21.9. The Hall–Kier alpha value is -2.45. The number of fused-ring (bicyclic) bond motifs is 1. The summed E-state index contributed by atoms with van der Waals surface area (Å²) >= 11 is 0. The number of carbonyl (C=O) groups excluding carboxylic acids is 2. The van der Waals surface area contributed by atoms with Gasteiger partial charge in [0, 0.05) is 19.9 Å². The average Bonchev–Trinajstić information content (AvgIpc) is 3.17. The molecule has 0 aliphatic carbocycles. The Morgan fingerprint density at radius 3 is 2.64 bits per heavy atom. The lowest BCUT2D eigenvalue weighted by Gasteiger charge is -2.21. The van der Waals surface area contributed by atoms with E-state index in [0.29, 0.717) is 31.6 Å². The second-order valence-corrected chi connectivity index (χ2v) is 6.38. The molecular formula is C17H19N3O5. The van der Waals surface area contributed by atoms with Crippen molar-refractivity contribution >= 4 is 22.8 Å². The molecule has 2 aliphatic rings. The summed E-state index contributed by atoms with van der Waals surface area (Å²) in [7, 11) is 1.68. The molecule has 0 saturated carbocycles. The molecule has 0 radical (unpaired) electrons. The second kappa shape index (κ2) is 6.12. The minimum Gasteiger partial charge on any atom is -0.350 e. The zero-order valence-corrected chi connectivity index (χ0v) is 13.9. The van der Waals surface area contributed by atoms with Crippen molar-refractivity contribution in [3.8, 4) is 0 Å². The fraction of sp³-hybridized carbons (Fsp3) is 0.471. The lowest BCUT2D eigenvalue weighted by molar-refractivity contribution is -0.135. The molecule has 3 heterocycles. The van der Waals surface area contributed by atoms with Crippen LogP contribution in [0, 0.1) is 0 Å². The van der Waals surface area contributed by atoms with E-state index in [2.05, 4.69) is 5.32 Å². The molecule has 0 bridgehead atoms. The van der Waals surface area contributed by atoms with E-state index in [0.717, 1.165) is 11.1 Å². The van der Waals surface area contributed by atoms with Crippen LogP contribution in [-0.4, -0.2) is 40.5 Å². The predicted octanol–water partition coefficient (Wildman–Crippen LogP) is 0.233. The van der Waals surface area contributed by atoms with Gasteiger partial charge in [0.2, 0.25) is 11.8 Å². The average molecular weight is 345 g/mol. The molecule has 25 heavy (non-hydrogen) atoms. The summed E-state index contributed by atoms with van der Waals surface area (Å²) in [6.45, 7) is 1.19. The summed E-state index contributed by atoms with van der Waals surface area (Å²) < 4.78 is 13.9. The van der Waals surface area contributed by atoms with E-state index >= 15 is 0 Å². The quantitative estimate of drug-likeness (QED) is 0.804. The highest BCUT2D eigenvalue weighted by Gasteiger charge is 2.31. The van der Waals surface area contributed by atoms with Gasteiger partial charge in [-0.2, -0.15) is 0 Å². The second-order valence-electron chi connectivity index (χ2n) is 6.38. The van der Waals surface area contributed by atoms with Crippen molar-refractivity contribution in [3.63, 3.8) is 0 Å². The molecule has 8 heteroatoms. The molecule has 4 rings (SSSR count). The molecule has 1 unspecified atom stereocenters. The molecule has 1 aromatic heterocycles. The first-order valence-corrected chi connectivity index (χ1v) is 8.31. The Kier molecular flexibility index (Phi) is 3.93. The van der Waals surface area contributed by atoms with E-state index in [-0.39, 0.29) is 24.3 Å². The van der Waals surface area contributed by atoms with Crippen LogP contribution in [0.4, 0.5) is 0 Å². The van der Waals surface area contributed by atoms with E-state index in [9.17, 15) is 14.4 Å². The maximum absolute atomic E-state index is 12.7. The highest BCUT2D eigenvalue weighted by atomic mass is 16.7. The molecule has 1 N–H and O–H groups in total. The van der Waals surface area contributed by atoms with Crippen LogP contribution in [0.2, 0.25) is 0 Å². The smallest absolute Gasteiger partial charge is 0.329 e. The molecule has 2 aliphatic heterocycles. The van der Waals surface area contributed by atoms with Gasteiger partial charge in [0.1, 0.15) is 6.04 Å². The van der Waals surface area contributed by atoms with Crippen LogP contribution in [0.5, 0.6) is 0 Å². The number of hydrogen-bond donors (Lipinski definition) is 1. The highest BCUT2D eigenvalue weighted by Crippen LogP contribution is 2.24. The van der Waals surface area contributed by atoms with Gasteiger partial charge in [-0.05, 0) is 24.1 Å². The number of imide groups is 1. The Morgan fingerprint density at radius 2 is 1.92 bits per heavy atom. The molecule has 132 valence electrons. The Bertz CT molecular complexity index is 907. The standard InChI is InChI=1S/C17H19N3O5/c1-19-13-8-10(9-15-24-6-7-25-15)2-3-11(13)20(17(19)23)12-4-5-14(21)18-16(12)22/h2-3,8,12,15H,4-7,9H2,1H3,(H,18,21,22). The maximum atomic E-state index is 12.7. The van der Waals surface area contributed by atoms with E-state index < -0.39 is 11.9 Å². The van der Waals surface area contributed by atoms with Crippen molar-refractivity contribution in [2.75, 3.05) is 13.2 Å². The van der Waals surface area contributed by atoms with Crippen LogP contribution in [0.1, 0.15) is 24.4 Å². The van der Waals surface area contributed by atoms with Gasteiger partial charge in [0.25, 0.3) is 0 Å². The number of carbonyl (C=O) groups is 2. The van der Waals surface area contributed by atoms with Gasteiger partial charge >= 0.3 is 5.69 Å². The number of benzene rings is 1. The van der Waals surface area contributed by atoms with Crippen molar-refractivity contribution in [1.29, 1.82) is 0 Å². The minimum atomic E-state index is -0.666. The van der Waals surface area contributed by atoms with Gasteiger partial charge in [0.15, 0.2) is 6.29 Å². The van der Waals surface area contributed by atoms with E-state index in [1.54, 1.807) is 7.05 Å². The third-order valence-corrected chi connectivity index (χ3v) is 4.77. The number of hydrogen-bond acceptors (Lipinski definition) is 5. The summed E-state index contributed by atoms with van der Waals surface area (Å²) in [6.07, 6.45) is 0.906. The van der Waals surface area contributed by atoms with Crippen molar-refractivity contribution < 1.29 is 19.1 Å². The summed E-state index contributed by atoms with van der Waals surface area (Å²) in [5, 5.41) is 2.31. The third-order valence-electron chi connectivity index (χ3n) is 4.77. The maximum Gasteiger partial charge on any atom is 0.329 e. The zero-order valence-electron chi connectivity index (χ0n) is 13.9. The molecule has 8 nitrogen and oxygen atoms in total. The molecule has 2 aromatic rings. The number of rotatable bonds is 3. The number of nitrogens with one attached hydrogen (secondary N) is 1. The van der Waals surface area contributed by atoms with Gasteiger partial charge in [0.05, 0.1) is 24.2 Å². The van der Waals surface area contributed by atoms with Crippen molar-refractivity contribution in [3.05, 3.63) is 34.2 Å². The fourth-order valence-corrected chi connectivity index (χ4v) is 3.48. The van der Waals surface area contributed by atoms with Crippen LogP contribution >= 0.6 is 0 Å². The number of aromatic nitrogens is 2. The number of amides is 2. The molecule has 2 amide bonds. The van der Waals surface area contributed by atoms with Gasteiger partial charge in [-0.25, -0.2) is 4.79 Å². The minimum absolute atomic E-state index is 0.230. The molecule has 1 aromatic carbocycles. The van der Waals surface area contributed by atoms with Gasteiger partial charge < -0.3 is 9.47 Å². The van der Waals surface area contributed by atoms with Crippen LogP contribution in [-0.2, 0) is 32.5 Å². The van der Waals surface area contributed by atoms with Gasteiger partial charge in [-0.3, -0.25) is 24.0 Å². The number of nitrogens with zero attached hydrogens (tertiary/aromatic N) is 2. The Morgan fingerprint density at radius 1 is 1.16 bits per heavy atom. The van der Waals surface area contributed by atoms with E-state index in [1.807, 2.05) is 18.2 Å². The lowest BCUT2D eigenvalue weighted by Crippen LogP contribution is -2.44. The monoisotopic (exact) mass is 345 g/mol. The van der Waals surface area contributed by atoms with Crippen LogP contribution < -0.4 is 11.0 Å². The van der Waals surface area contributed by atoms with Crippen LogP contribution in [0.15, 0.2) is 23.0 Å². The first kappa shape index (κ1) is 16.0. The Labute approximate surface area is 143 Å². The summed E-state index contributed by atoms with van der Waals surface area (Å²) in [5.74, 6) is -0.726. The number of ether oxygens (including phenoxy) is 2. The first-order valence-electron chi connectivity index (χ1n) is 8.31. The summed E-state index contributed by atoms with van der Waals surface area (Å²) in [4.78, 5) is 36.2. The molecule has 1 atom stereocenters. The van der Waals surface area contributed by atoms with Crippen molar-refractivity contribution in [2.24, 2.45) is 7.05 Å². The topological polar surface area (TPSA) is 91.6 Å². The SMILES string of the molecule is Cn1c(=O)n(C2CCC(=O)NC2=O)c2ccc(CC3OCCO3)cc21.